The first-order valence-corrected chi connectivity index (χ1v) is 6.66. The quantitative estimate of drug-likeness (QED) is 0.910. The summed E-state index contributed by atoms with van der Waals surface area (Å²) in [6.45, 7) is 9.19. The lowest BCUT2D eigenvalue weighted by Crippen LogP contribution is -2.06. The molecule has 0 aromatic carbocycles. The first-order chi connectivity index (χ1) is 9.11. The number of hydrogen-bond donors (Lipinski definition) is 1. The van der Waals surface area contributed by atoms with Crippen LogP contribution in [0, 0.1) is 6.92 Å². The van der Waals surface area contributed by atoms with E-state index in [1.54, 1.807) is 6.20 Å². The molecule has 4 heteroatoms. The normalized spacial score (nSPS) is 10.8. The highest BCUT2D eigenvalue weighted by Crippen LogP contribution is 2.22. The number of aromatic nitrogens is 3. The van der Waals surface area contributed by atoms with Gasteiger partial charge in [0, 0.05) is 24.5 Å². The van der Waals surface area contributed by atoms with Crippen molar-refractivity contribution in [2.45, 2.75) is 33.6 Å². The molecule has 0 aliphatic carbocycles. The van der Waals surface area contributed by atoms with Crippen molar-refractivity contribution in [1.29, 1.82) is 0 Å². The van der Waals surface area contributed by atoms with Crippen LogP contribution in [0.1, 0.15) is 37.9 Å². The Morgan fingerprint density at radius 1 is 1.26 bits per heavy atom. The molecule has 2 rings (SSSR count). The molecule has 100 valence electrons. The van der Waals surface area contributed by atoms with Gasteiger partial charge in [-0.1, -0.05) is 19.9 Å². The van der Waals surface area contributed by atoms with Gasteiger partial charge >= 0.3 is 0 Å². The molecule has 0 atom stereocenters. The summed E-state index contributed by atoms with van der Waals surface area (Å²) in [4.78, 5) is 13.6. The van der Waals surface area contributed by atoms with E-state index in [0.29, 0.717) is 11.7 Å². The fourth-order valence-corrected chi connectivity index (χ4v) is 1.86. The third-order valence-corrected chi connectivity index (χ3v) is 2.92. The first kappa shape index (κ1) is 13.5. The molecule has 2 aromatic rings. The monoisotopic (exact) mass is 256 g/mol. The van der Waals surface area contributed by atoms with Gasteiger partial charge in [-0.25, -0.2) is 9.97 Å². The standard InChI is InChI=1S/C15H20N4/c1-5-16-13-9-12(10(2)3)18-15(19-13)14-11(4)7-6-8-17-14/h6-10H,5H2,1-4H3,(H,16,18,19). The first-order valence-electron chi connectivity index (χ1n) is 6.66. The summed E-state index contributed by atoms with van der Waals surface area (Å²) in [6, 6.07) is 5.97. The molecule has 2 aromatic heterocycles. The highest BCUT2D eigenvalue weighted by Gasteiger charge is 2.11. The van der Waals surface area contributed by atoms with Crippen molar-refractivity contribution in [1.82, 2.24) is 15.0 Å². The number of pyridine rings is 1. The fraction of sp³-hybridized carbons (Fsp3) is 0.400. The Balaban J connectivity index is 2.53. The molecule has 0 aliphatic rings. The van der Waals surface area contributed by atoms with E-state index in [0.717, 1.165) is 29.3 Å². The minimum Gasteiger partial charge on any atom is -0.370 e. The molecule has 0 saturated carbocycles. The summed E-state index contributed by atoms with van der Waals surface area (Å²) in [7, 11) is 0. The van der Waals surface area contributed by atoms with E-state index in [4.69, 9.17) is 0 Å². The zero-order chi connectivity index (χ0) is 13.8. The minimum absolute atomic E-state index is 0.364. The lowest BCUT2D eigenvalue weighted by atomic mass is 10.1. The van der Waals surface area contributed by atoms with E-state index in [-0.39, 0.29) is 0 Å². The van der Waals surface area contributed by atoms with Crippen LogP contribution in [0.4, 0.5) is 5.82 Å². The molecule has 0 unspecified atom stereocenters. The van der Waals surface area contributed by atoms with Crippen LogP contribution < -0.4 is 5.32 Å². The number of anilines is 1. The van der Waals surface area contributed by atoms with Gasteiger partial charge in [0.05, 0.1) is 0 Å². The average Bonchev–Trinajstić information content (AvgIpc) is 2.39. The van der Waals surface area contributed by atoms with Crippen LogP contribution in [0.15, 0.2) is 24.4 Å². The van der Waals surface area contributed by atoms with Crippen LogP contribution in [0.25, 0.3) is 11.5 Å². The van der Waals surface area contributed by atoms with E-state index in [1.807, 2.05) is 25.1 Å². The van der Waals surface area contributed by atoms with E-state index < -0.39 is 0 Å². The lowest BCUT2D eigenvalue weighted by Gasteiger charge is -2.11. The van der Waals surface area contributed by atoms with Crippen molar-refractivity contribution in [2.24, 2.45) is 0 Å². The summed E-state index contributed by atoms with van der Waals surface area (Å²) in [6.07, 6.45) is 1.78. The van der Waals surface area contributed by atoms with Crippen LogP contribution >= 0.6 is 0 Å². The molecular formula is C15H20N4. The Morgan fingerprint density at radius 3 is 2.68 bits per heavy atom. The van der Waals surface area contributed by atoms with Crippen LogP contribution in [0.3, 0.4) is 0 Å². The van der Waals surface area contributed by atoms with Crippen molar-refractivity contribution in [2.75, 3.05) is 11.9 Å². The van der Waals surface area contributed by atoms with E-state index >= 15 is 0 Å². The van der Waals surface area contributed by atoms with Gasteiger partial charge in [0.1, 0.15) is 11.5 Å². The molecule has 0 radical (unpaired) electrons. The van der Waals surface area contributed by atoms with Gasteiger partial charge in [0.2, 0.25) is 0 Å². The van der Waals surface area contributed by atoms with E-state index in [2.05, 4.69) is 41.0 Å². The van der Waals surface area contributed by atoms with Crippen molar-refractivity contribution >= 4 is 5.82 Å². The molecule has 2 heterocycles. The molecule has 4 nitrogen and oxygen atoms in total. The van der Waals surface area contributed by atoms with Gasteiger partial charge < -0.3 is 5.32 Å². The lowest BCUT2D eigenvalue weighted by molar-refractivity contribution is 0.815. The van der Waals surface area contributed by atoms with E-state index in [9.17, 15) is 0 Å². The molecule has 0 bridgehead atoms. The molecular weight excluding hydrogens is 236 g/mol. The summed E-state index contributed by atoms with van der Waals surface area (Å²) in [5.74, 6) is 1.92. The van der Waals surface area contributed by atoms with Gasteiger partial charge in [-0.05, 0) is 31.4 Å². The third kappa shape index (κ3) is 3.08. The smallest absolute Gasteiger partial charge is 0.180 e. The largest absolute Gasteiger partial charge is 0.370 e. The zero-order valence-corrected chi connectivity index (χ0v) is 11.9. The summed E-state index contributed by atoms with van der Waals surface area (Å²) >= 11 is 0. The number of nitrogens with one attached hydrogen (secondary N) is 1. The molecule has 0 spiro atoms. The Hall–Kier alpha value is -1.97. The molecule has 0 amide bonds. The number of nitrogens with zero attached hydrogens (tertiary/aromatic N) is 3. The second-order valence-electron chi connectivity index (χ2n) is 4.86. The molecule has 1 N–H and O–H groups in total. The number of hydrogen-bond acceptors (Lipinski definition) is 4. The Morgan fingerprint density at radius 2 is 2.05 bits per heavy atom. The molecule has 0 saturated heterocycles. The van der Waals surface area contributed by atoms with Gasteiger partial charge in [0.15, 0.2) is 5.82 Å². The Bertz CT molecular complexity index is 564. The van der Waals surface area contributed by atoms with Crippen LogP contribution in [-0.2, 0) is 0 Å². The predicted octanol–water partition coefficient (Wildman–Crippen LogP) is 3.40. The second kappa shape index (κ2) is 5.78. The summed E-state index contributed by atoms with van der Waals surface area (Å²) < 4.78 is 0. The van der Waals surface area contributed by atoms with Crippen molar-refractivity contribution < 1.29 is 0 Å². The SMILES string of the molecule is CCNc1cc(C(C)C)nc(-c2ncccc2C)n1. The summed E-state index contributed by atoms with van der Waals surface area (Å²) in [5.41, 5.74) is 2.97. The fourth-order valence-electron chi connectivity index (χ4n) is 1.86. The van der Waals surface area contributed by atoms with Crippen LogP contribution in [0.2, 0.25) is 0 Å². The minimum atomic E-state index is 0.364. The maximum atomic E-state index is 4.63. The van der Waals surface area contributed by atoms with Gasteiger partial charge in [-0.3, -0.25) is 4.98 Å². The Labute approximate surface area is 114 Å². The highest BCUT2D eigenvalue weighted by atomic mass is 15.0. The van der Waals surface area contributed by atoms with E-state index in [1.165, 1.54) is 0 Å². The van der Waals surface area contributed by atoms with Crippen LogP contribution in [0.5, 0.6) is 0 Å². The number of aryl methyl sites for hydroxylation is 1. The van der Waals surface area contributed by atoms with Crippen molar-refractivity contribution in [3.8, 4) is 11.5 Å². The topological polar surface area (TPSA) is 50.7 Å². The van der Waals surface area contributed by atoms with Crippen molar-refractivity contribution in [3.05, 3.63) is 35.7 Å². The van der Waals surface area contributed by atoms with Crippen LogP contribution in [-0.4, -0.2) is 21.5 Å². The maximum absolute atomic E-state index is 4.63. The number of rotatable bonds is 4. The third-order valence-electron chi connectivity index (χ3n) is 2.92. The molecule has 0 aliphatic heterocycles. The van der Waals surface area contributed by atoms with Gasteiger partial charge in [-0.15, -0.1) is 0 Å². The van der Waals surface area contributed by atoms with Gasteiger partial charge in [0.25, 0.3) is 0 Å². The molecule has 19 heavy (non-hydrogen) atoms. The predicted molar refractivity (Wildman–Crippen MR) is 78.3 cm³/mol. The second-order valence-corrected chi connectivity index (χ2v) is 4.86. The van der Waals surface area contributed by atoms with Gasteiger partial charge in [-0.2, -0.15) is 0 Å². The zero-order valence-electron chi connectivity index (χ0n) is 11.9. The summed E-state index contributed by atoms with van der Waals surface area (Å²) in [5, 5.41) is 3.25. The maximum Gasteiger partial charge on any atom is 0.180 e. The van der Waals surface area contributed by atoms with Crippen molar-refractivity contribution in [3.63, 3.8) is 0 Å². The Kier molecular flexibility index (Phi) is 4.10. The average molecular weight is 256 g/mol. The highest BCUT2D eigenvalue weighted by molar-refractivity contribution is 5.57. The molecule has 0 fully saturated rings.